The number of hydrogen-bond acceptors (Lipinski definition) is 3. The van der Waals surface area contributed by atoms with Crippen molar-refractivity contribution in [3.63, 3.8) is 0 Å². The number of carboxylic acid groups (broad SMARTS) is 1. The van der Waals surface area contributed by atoms with E-state index in [9.17, 15) is 36.2 Å². The summed E-state index contributed by atoms with van der Waals surface area (Å²) in [7, 11) is 0.580. The number of carboxylic acids is 1. The van der Waals surface area contributed by atoms with E-state index in [1.165, 1.54) is 0 Å². The maximum absolute atomic E-state index is 12.9. The summed E-state index contributed by atoms with van der Waals surface area (Å²) in [6.07, 6.45) is -13.1. The highest BCUT2D eigenvalue weighted by atomic mass is 19.4. The summed E-state index contributed by atoms with van der Waals surface area (Å²) in [6, 6.07) is 0.475. The number of ether oxygens (including phenoxy) is 1. The zero-order valence-electron chi connectivity index (χ0n) is 10.2. The standard InChI is InChI=1S/C11H8F6O4/c1-21-8-5(10(12,13)14)3-2-4(7(18)9(19)20)6(8)11(15,16)17/h2-3,7,18H,1H3,(H,19,20). The van der Waals surface area contributed by atoms with Gasteiger partial charge in [0.25, 0.3) is 0 Å². The molecule has 1 aromatic carbocycles. The van der Waals surface area contributed by atoms with E-state index in [0.29, 0.717) is 7.11 Å². The van der Waals surface area contributed by atoms with Gasteiger partial charge in [0.05, 0.1) is 12.7 Å². The highest BCUT2D eigenvalue weighted by Gasteiger charge is 2.45. The SMILES string of the molecule is COc1c(C(F)(F)F)ccc(C(O)C(=O)O)c1C(F)(F)F. The number of alkyl halides is 6. The summed E-state index contributed by atoms with van der Waals surface area (Å²) >= 11 is 0. The van der Waals surface area contributed by atoms with Crippen molar-refractivity contribution < 1.29 is 46.1 Å². The lowest BCUT2D eigenvalue weighted by atomic mass is 9.97. The molecule has 0 saturated carbocycles. The Kier molecular flexibility index (Phi) is 4.42. The monoisotopic (exact) mass is 318 g/mol. The first-order chi connectivity index (χ1) is 9.41. The lowest BCUT2D eigenvalue weighted by molar-refractivity contribution is -0.150. The van der Waals surface area contributed by atoms with Crippen LogP contribution in [0.25, 0.3) is 0 Å². The fourth-order valence-electron chi connectivity index (χ4n) is 1.69. The van der Waals surface area contributed by atoms with Crippen LogP contribution in [0.15, 0.2) is 12.1 Å². The van der Waals surface area contributed by atoms with Crippen LogP contribution in [-0.2, 0) is 17.1 Å². The third-order valence-electron chi connectivity index (χ3n) is 2.51. The van der Waals surface area contributed by atoms with E-state index in [0.717, 1.165) is 0 Å². The zero-order valence-corrected chi connectivity index (χ0v) is 10.2. The number of aliphatic carboxylic acids is 1. The van der Waals surface area contributed by atoms with Crippen molar-refractivity contribution in [1.29, 1.82) is 0 Å². The number of aliphatic hydroxyl groups excluding tert-OH is 1. The van der Waals surface area contributed by atoms with Crippen LogP contribution in [-0.4, -0.2) is 23.3 Å². The molecule has 2 N–H and O–H groups in total. The van der Waals surface area contributed by atoms with Gasteiger partial charge in [0.2, 0.25) is 0 Å². The molecule has 0 saturated heterocycles. The number of halogens is 6. The van der Waals surface area contributed by atoms with E-state index in [4.69, 9.17) is 5.11 Å². The lowest BCUT2D eigenvalue weighted by Gasteiger charge is -2.21. The van der Waals surface area contributed by atoms with E-state index in [1.54, 1.807) is 0 Å². The van der Waals surface area contributed by atoms with Crippen LogP contribution in [0.1, 0.15) is 22.8 Å². The summed E-state index contributed by atoms with van der Waals surface area (Å²) in [6.45, 7) is 0. The average Bonchev–Trinajstić information content (AvgIpc) is 2.33. The van der Waals surface area contributed by atoms with Gasteiger partial charge >= 0.3 is 18.3 Å². The fourth-order valence-corrected chi connectivity index (χ4v) is 1.69. The molecule has 10 heteroatoms. The van der Waals surface area contributed by atoms with Crippen LogP contribution in [0.5, 0.6) is 5.75 Å². The van der Waals surface area contributed by atoms with E-state index < -0.39 is 46.9 Å². The highest BCUT2D eigenvalue weighted by Crippen LogP contribution is 2.47. The summed E-state index contributed by atoms with van der Waals surface area (Å²) < 4.78 is 81.0. The molecule has 0 aliphatic carbocycles. The molecule has 1 rings (SSSR count). The number of aliphatic hydroxyl groups is 1. The number of hydrogen-bond donors (Lipinski definition) is 2. The van der Waals surface area contributed by atoms with Gasteiger partial charge in [-0.2, -0.15) is 26.3 Å². The van der Waals surface area contributed by atoms with Gasteiger partial charge in [-0.25, -0.2) is 4.79 Å². The first-order valence-corrected chi connectivity index (χ1v) is 5.17. The molecule has 0 fully saturated rings. The number of benzene rings is 1. The van der Waals surface area contributed by atoms with Crippen LogP contribution in [0, 0.1) is 0 Å². The van der Waals surface area contributed by atoms with Gasteiger partial charge in [0, 0.05) is 5.56 Å². The minimum absolute atomic E-state index is 0.218. The molecule has 21 heavy (non-hydrogen) atoms. The highest BCUT2D eigenvalue weighted by molar-refractivity contribution is 5.75. The maximum atomic E-state index is 12.9. The number of methoxy groups -OCH3 is 1. The molecule has 0 spiro atoms. The maximum Gasteiger partial charge on any atom is 0.420 e. The Bertz CT molecular complexity index is 549. The molecule has 1 unspecified atom stereocenters. The Morgan fingerprint density at radius 1 is 1.14 bits per heavy atom. The Morgan fingerprint density at radius 3 is 2.00 bits per heavy atom. The second-order valence-electron chi connectivity index (χ2n) is 3.85. The van der Waals surface area contributed by atoms with Crippen LogP contribution < -0.4 is 4.74 Å². The van der Waals surface area contributed by atoms with E-state index in [1.807, 2.05) is 0 Å². The molecular weight excluding hydrogens is 310 g/mol. The van der Waals surface area contributed by atoms with Crippen molar-refractivity contribution in [3.05, 3.63) is 28.8 Å². The van der Waals surface area contributed by atoms with Gasteiger partial charge in [0.1, 0.15) is 11.3 Å². The van der Waals surface area contributed by atoms with Gasteiger partial charge < -0.3 is 14.9 Å². The smallest absolute Gasteiger partial charge is 0.420 e. The summed E-state index contributed by atoms with van der Waals surface area (Å²) in [4.78, 5) is 10.6. The molecule has 4 nitrogen and oxygen atoms in total. The Hall–Kier alpha value is -1.97. The molecule has 0 aliphatic rings. The predicted molar refractivity (Wildman–Crippen MR) is 55.6 cm³/mol. The molecule has 0 aromatic heterocycles. The van der Waals surface area contributed by atoms with E-state index in [-0.39, 0.29) is 12.1 Å². The summed E-state index contributed by atoms with van der Waals surface area (Å²) in [5.41, 5.74) is -4.94. The molecule has 0 radical (unpaired) electrons. The van der Waals surface area contributed by atoms with Crippen molar-refractivity contribution in [2.45, 2.75) is 18.5 Å². The van der Waals surface area contributed by atoms with Crippen LogP contribution >= 0.6 is 0 Å². The third-order valence-corrected chi connectivity index (χ3v) is 2.51. The largest absolute Gasteiger partial charge is 0.495 e. The van der Waals surface area contributed by atoms with Crippen molar-refractivity contribution >= 4 is 5.97 Å². The summed E-state index contributed by atoms with van der Waals surface area (Å²) in [5.74, 6) is -3.63. The van der Waals surface area contributed by atoms with E-state index in [2.05, 4.69) is 4.74 Å². The second kappa shape index (κ2) is 5.43. The molecule has 118 valence electrons. The van der Waals surface area contributed by atoms with E-state index >= 15 is 0 Å². The average molecular weight is 318 g/mol. The molecule has 1 atom stereocenters. The predicted octanol–water partition coefficient (Wildman–Crippen LogP) is 2.85. The zero-order chi connectivity index (χ0) is 16.6. The minimum Gasteiger partial charge on any atom is -0.495 e. The third kappa shape index (κ3) is 3.38. The minimum atomic E-state index is -5.35. The van der Waals surface area contributed by atoms with Crippen LogP contribution in [0.2, 0.25) is 0 Å². The Balaban J connectivity index is 3.75. The second-order valence-corrected chi connectivity index (χ2v) is 3.85. The first-order valence-electron chi connectivity index (χ1n) is 5.17. The van der Waals surface area contributed by atoms with Gasteiger partial charge in [-0.1, -0.05) is 6.07 Å². The topological polar surface area (TPSA) is 66.8 Å². The molecule has 0 amide bonds. The summed E-state index contributed by atoms with van der Waals surface area (Å²) in [5, 5.41) is 17.8. The van der Waals surface area contributed by atoms with Crippen LogP contribution in [0.4, 0.5) is 26.3 Å². The van der Waals surface area contributed by atoms with Crippen LogP contribution in [0.3, 0.4) is 0 Å². The molecular formula is C11H8F6O4. The van der Waals surface area contributed by atoms with Gasteiger partial charge in [-0.05, 0) is 6.07 Å². The van der Waals surface area contributed by atoms with Crippen molar-refractivity contribution in [2.75, 3.05) is 7.11 Å². The van der Waals surface area contributed by atoms with Gasteiger partial charge in [-0.15, -0.1) is 0 Å². The van der Waals surface area contributed by atoms with Gasteiger partial charge in [0.15, 0.2) is 6.10 Å². The molecule has 0 bridgehead atoms. The first kappa shape index (κ1) is 17.1. The molecule has 0 aliphatic heterocycles. The molecule has 1 aromatic rings. The Morgan fingerprint density at radius 2 is 1.67 bits per heavy atom. The quantitative estimate of drug-likeness (QED) is 0.841. The Labute approximate surface area is 113 Å². The van der Waals surface area contributed by atoms with Crippen molar-refractivity contribution in [1.82, 2.24) is 0 Å². The number of rotatable bonds is 3. The normalized spacial score (nSPS) is 13.9. The number of carbonyl (C=O) groups is 1. The molecule has 0 heterocycles. The van der Waals surface area contributed by atoms with Gasteiger partial charge in [-0.3, -0.25) is 0 Å². The van der Waals surface area contributed by atoms with Crippen molar-refractivity contribution in [2.24, 2.45) is 0 Å². The van der Waals surface area contributed by atoms with Crippen molar-refractivity contribution in [3.8, 4) is 5.75 Å². The lowest BCUT2D eigenvalue weighted by Crippen LogP contribution is -2.21. The fraction of sp³-hybridized carbons (Fsp3) is 0.364.